The fraction of sp³-hybridized carbons (Fsp3) is 0.533. The van der Waals surface area contributed by atoms with Gasteiger partial charge in [-0.15, -0.1) is 0 Å². The van der Waals surface area contributed by atoms with Crippen molar-refractivity contribution in [2.75, 3.05) is 24.5 Å². The Hall–Kier alpha value is -1.74. The van der Waals surface area contributed by atoms with E-state index < -0.39 is 11.7 Å². The second kappa shape index (κ2) is 5.94. The van der Waals surface area contributed by atoms with Crippen LogP contribution < -0.4 is 10.2 Å². The van der Waals surface area contributed by atoms with Gasteiger partial charge in [0.05, 0.1) is 17.2 Å². The van der Waals surface area contributed by atoms with Gasteiger partial charge in [-0.05, 0) is 24.1 Å². The van der Waals surface area contributed by atoms with Crippen LogP contribution in [-0.4, -0.2) is 25.7 Å². The van der Waals surface area contributed by atoms with Crippen LogP contribution in [0.3, 0.4) is 0 Å². The van der Waals surface area contributed by atoms with E-state index in [9.17, 15) is 13.2 Å². The molecule has 0 bridgehead atoms. The number of nitrogens with zero attached hydrogens (tertiary/aromatic N) is 2. The molecule has 0 aliphatic carbocycles. The molecule has 1 aromatic rings. The predicted molar refractivity (Wildman–Crippen MR) is 75.0 cm³/mol. The third-order valence-electron chi connectivity index (χ3n) is 3.81. The standard InChI is InChI=1S/C15H18F3N3/c1-10(2)14-9-20-5-6-21(14)12-4-3-11(8-19)13(7-12)15(16,17)18/h3-4,7,10,14,20H,5-6,9H2,1-2H3. The Balaban J connectivity index is 2.42. The average Bonchev–Trinajstić information content (AvgIpc) is 2.45. The van der Waals surface area contributed by atoms with E-state index in [1.165, 1.54) is 6.07 Å². The molecule has 1 saturated heterocycles. The molecule has 3 nitrogen and oxygen atoms in total. The first-order valence-electron chi connectivity index (χ1n) is 6.93. The maximum atomic E-state index is 13.1. The van der Waals surface area contributed by atoms with Crippen LogP contribution in [0.1, 0.15) is 25.0 Å². The first kappa shape index (κ1) is 15.6. The van der Waals surface area contributed by atoms with Crippen LogP contribution in [0.15, 0.2) is 18.2 Å². The van der Waals surface area contributed by atoms with Gasteiger partial charge in [-0.25, -0.2) is 0 Å². The highest BCUT2D eigenvalue weighted by molar-refractivity contribution is 5.56. The molecule has 0 radical (unpaired) electrons. The smallest absolute Gasteiger partial charge is 0.366 e. The summed E-state index contributed by atoms with van der Waals surface area (Å²) in [6, 6.07) is 5.73. The normalized spacial score (nSPS) is 19.7. The lowest BCUT2D eigenvalue weighted by Crippen LogP contribution is -2.53. The van der Waals surface area contributed by atoms with Crippen molar-refractivity contribution in [3.05, 3.63) is 29.3 Å². The lowest BCUT2D eigenvalue weighted by molar-refractivity contribution is -0.137. The second-order valence-electron chi connectivity index (χ2n) is 5.55. The van der Waals surface area contributed by atoms with Crippen LogP contribution in [-0.2, 0) is 6.18 Å². The first-order valence-corrected chi connectivity index (χ1v) is 6.93. The Labute approximate surface area is 122 Å². The topological polar surface area (TPSA) is 39.1 Å². The molecule has 6 heteroatoms. The number of rotatable bonds is 2. The zero-order valence-corrected chi connectivity index (χ0v) is 12.0. The molecule has 1 aliphatic heterocycles. The van der Waals surface area contributed by atoms with Gasteiger partial charge in [0, 0.05) is 31.4 Å². The van der Waals surface area contributed by atoms with Gasteiger partial charge in [0.2, 0.25) is 0 Å². The molecule has 0 amide bonds. The molecule has 1 heterocycles. The van der Waals surface area contributed by atoms with E-state index in [0.29, 0.717) is 18.2 Å². The Morgan fingerprint density at radius 1 is 1.38 bits per heavy atom. The molecule has 0 spiro atoms. The van der Waals surface area contributed by atoms with E-state index in [1.54, 1.807) is 12.1 Å². The Morgan fingerprint density at radius 3 is 2.67 bits per heavy atom. The second-order valence-corrected chi connectivity index (χ2v) is 5.55. The number of hydrogen-bond acceptors (Lipinski definition) is 3. The SMILES string of the molecule is CC(C)C1CNCCN1c1ccc(C#N)c(C(F)(F)F)c1. The Morgan fingerprint density at radius 2 is 2.10 bits per heavy atom. The van der Waals surface area contributed by atoms with E-state index in [0.717, 1.165) is 19.2 Å². The molecule has 0 aromatic heterocycles. The summed E-state index contributed by atoms with van der Waals surface area (Å²) in [5.41, 5.74) is -0.660. The molecule has 1 atom stereocenters. The van der Waals surface area contributed by atoms with Crippen molar-refractivity contribution in [2.45, 2.75) is 26.1 Å². The number of benzene rings is 1. The van der Waals surface area contributed by atoms with Gasteiger partial charge >= 0.3 is 6.18 Å². The van der Waals surface area contributed by atoms with Crippen molar-refractivity contribution >= 4 is 5.69 Å². The van der Waals surface area contributed by atoms with Crippen molar-refractivity contribution in [3.63, 3.8) is 0 Å². The van der Waals surface area contributed by atoms with Gasteiger partial charge in [0.25, 0.3) is 0 Å². The average molecular weight is 297 g/mol. The quantitative estimate of drug-likeness (QED) is 0.912. The number of hydrogen-bond donors (Lipinski definition) is 1. The number of nitrogens with one attached hydrogen (secondary N) is 1. The lowest BCUT2D eigenvalue weighted by atomic mass is 9.98. The van der Waals surface area contributed by atoms with Gasteiger partial charge < -0.3 is 10.2 Å². The Kier molecular flexibility index (Phi) is 4.43. The van der Waals surface area contributed by atoms with E-state index in [-0.39, 0.29) is 11.6 Å². The number of alkyl halides is 3. The summed E-state index contributed by atoms with van der Waals surface area (Å²) in [6.07, 6.45) is -4.51. The molecule has 2 rings (SSSR count). The zero-order chi connectivity index (χ0) is 15.6. The van der Waals surface area contributed by atoms with Crippen LogP contribution in [0.2, 0.25) is 0 Å². The zero-order valence-electron chi connectivity index (χ0n) is 12.0. The van der Waals surface area contributed by atoms with E-state index in [2.05, 4.69) is 19.2 Å². The summed E-state index contributed by atoms with van der Waals surface area (Å²) in [5.74, 6) is 0.322. The molecular formula is C15H18F3N3. The summed E-state index contributed by atoms with van der Waals surface area (Å²) in [5, 5.41) is 12.1. The number of halogens is 3. The summed E-state index contributed by atoms with van der Waals surface area (Å²) < 4.78 is 39.2. The lowest BCUT2D eigenvalue weighted by Gasteiger charge is -2.40. The van der Waals surface area contributed by atoms with Crippen molar-refractivity contribution in [1.29, 1.82) is 5.26 Å². The summed E-state index contributed by atoms with van der Waals surface area (Å²) >= 11 is 0. The van der Waals surface area contributed by atoms with E-state index in [1.807, 2.05) is 4.90 Å². The van der Waals surface area contributed by atoms with Gasteiger partial charge in [0.15, 0.2) is 0 Å². The largest absolute Gasteiger partial charge is 0.417 e. The van der Waals surface area contributed by atoms with E-state index in [4.69, 9.17) is 5.26 Å². The summed E-state index contributed by atoms with van der Waals surface area (Å²) in [4.78, 5) is 2.00. The molecule has 1 unspecified atom stereocenters. The van der Waals surface area contributed by atoms with Gasteiger partial charge in [-0.1, -0.05) is 13.8 Å². The molecule has 0 saturated carbocycles. The summed E-state index contributed by atoms with van der Waals surface area (Å²) in [6.45, 7) is 6.26. The maximum Gasteiger partial charge on any atom is 0.417 e. The molecular weight excluding hydrogens is 279 g/mol. The minimum Gasteiger partial charge on any atom is -0.366 e. The van der Waals surface area contributed by atoms with Crippen molar-refractivity contribution in [2.24, 2.45) is 5.92 Å². The molecule has 21 heavy (non-hydrogen) atoms. The van der Waals surface area contributed by atoms with Crippen LogP contribution in [0.25, 0.3) is 0 Å². The molecule has 1 N–H and O–H groups in total. The summed E-state index contributed by atoms with van der Waals surface area (Å²) in [7, 11) is 0. The third-order valence-corrected chi connectivity index (χ3v) is 3.81. The third kappa shape index (κ3) is 3.30. The van der Waals surface area contributed by atoms with Gasteiger partial charge in [-0.3, -0.25) is 0 Å². The minimum absolute atomic E-state index is 0.146. The fourth-order valence-corrected chi connectivity index (χ4v) is 2.68. The van der Waals surface area contributed by atoms with Crippen LogP contribution >= 0.6 is 0 Å². The maximum absolute atomic E-state index is 13.1. The van der Waals surface area contributed by atoms with Crippen LogP contribution in [0.4, 0.5) is 18.9 Å². The highest BCUT2D eigenvalue weighted by Gasteiger charge is 2.35. The van der Waals surface area contributed by atoms with Crippen LogP contribution in [0, 0.1) is 17.2 Å². The first-order chi connectivity index (χ1) is 9.84. The van der Waals surface area contributed by atoms with Crippen molar-refractivity contribution in [3.8, 4) is 6.07 Å². The highest BCUT2D eigenvalue weighted by atomic mass is 19.4. The van der Waals surface area contributed by atoms with Crippen LogP contribution in [0.5, 0.6) is 0 Å². The van der Waals surface area contributed by atoms with Crippen molar-refractivity contribution in [1.82, 2.24) is 5.32 Å². The van der Waals surface area contributed by atoms with Crippen molar-refractivity contribution < 1.29 is 13.2 Å². The predicted octanol–water partition coefficient (Wildman–Crippen LogP) is 3.01. The molecule has 114 valence electrons. The van der Waals surface area contributed by atoms with Gasteiger partial charge in [0.1, 0.15) is 0 Å². The number of anilines is 1. The molecule has 1 fully saturated rings. The Bertz CT molecular complexity index is 546. The van der Waals surface area contributed by atoms with Gasteiger partial charge in [-0.2, -0.15) is 18.4 Å². The molecule has 1 aromatic carbocycles. The molecule has 1 aliphatic rings. The fourth-order valence-electron chi connectivity index (χ4n) is 2.68. The van der Waals surface area contributed by atoms with E-state index >= 15 is 0 Å². The minimum atomic E-state index is -4.51. The highest BCUT2D eigenvalue weighted by Crippen LogP contribution is 2.35. The monoisotopic (exact) mass is 297 g/mol. The number of nitriles is 1. The number of piperazine rings is 1.